The van der Waals surface area contributed by atoms with Gasteiger partial charge in [0.15, 0.2) is 0 Å². The van der Waals surface area contributed by atoms with Gasteiger partial charge in [0.1, 0.15) is 0 Å². The molecule has 0 N–H and O–H groups in total. The SMILES string of the molecule is Cc1ccccc1CSCC(=O)N1CCN(Cc2ccsc2)CC1. The van der Waals surface area contributed by atoms with E-state index >= 15 is 0 Å². The molecule has 0 aliphatic carbocycles. The number of rotatable bonds is 6. The van der Waals surface area contributed by atoms with Gasteiger partial charge in [-0.15, -0.1) is 11.8 Å². The van der Waals surface area contributed by atoms with Crippen molar-refractivity contribution in [3.05, 3.63) is 57.8 Å². The fourth-order valence-corrected chi connectivity index (χ4v) is 4.57. The lowest BCUT2D eigenvalue weighted by molar-refractivity contribution is -0.130. The summed E-state index contributed by atoms with van der Waals surface area (Å²) in [6.07, 6.45) is 0. The molecule has 1 aliphatic rings. The van der Waals surface area contributed by atoms with Gasteiger partial charge in [-0.2, -0.15) is 11.3 Å². The van der Waals surface area contributed by atoms with E-state index in [1.54, 1.807) is 23.1 Å². The van der Waals surface area contributed by atoms with Crippen LogP contribution in [0.5, 0.6) is 0 Å². The molecular weight excluding hydrogens is 336 g/mol. The molecule has 0 atom stereocenters. The highest BCUT2D eigenvalue weighted by Gasteiger charge is 2.21. The van der Waals surface area contributed by atoms with Gasteiger partial charge in [0, 0.05) is 38.5 Å². The smallest absolute Gasteiger partial charge is 0.232 e. The molecule has 0 saturated carbocycles. The van der Waals surface area contributed by atoms with Crippen molar-refractivity contribution >= 4 is 29.0 Å². The van der Waals surface area contributed by atoms with Crippen molar-refractivity contribution in [3.8, 4) is 0 Å². The van der Waals surface area contributed by atoms with E-state index in [9.17, 15) is 4.79 Å². The van der Waals surface area contributed by atoms with E-state index in [0.29, 0.717) is 5.75 Å². The Hall–Kier alpha value is -1.30. The summed E-state index contributed by atoms with van der Waals surface area (Å²) in [4.78, 5) is 16.8. The fourth-order valence-electron chi connectivity index (χ4n) is 2.91. The zero-order valence-electron chi connectivity index (χ0n) is 14.1. The largest absolute Gasteiger partial charge is 0.339 e. The summed E-state index contributed by atoms with van der Waals surface area (Å²) in [5.74, 6) is 1.78. The Bertz CT molecular complexity index is 649. The number of aryl methyl sites for hydroxylation is 1. The number of amides is 1. The van der Waals surface area contributed by atoms with Crippen LogP contribution in [0.1, 0.15) is 16.7 Å². The number of nitrogens with zero attached hydrogens (tertiary/aromatic N) is 2. The topological polar surface area (TPSA) is 23.6 Å². The highest BCUT2D eigenvalue weighted by molar-refractivity contribution is 7.99. The first-order valence-corrected chi connectivity index (χ1v) is 10.5. The van der Waals surface area contributed by atoms with Crippen LogP contribution >= 0.6 is 23.1 Å². The van der Waals surface area contributed by atoms with Crippen molar-refractivity contribution in [2.75, 3.05) is 31.9 Å². The van der Waals surface area contributed by atoms with Crippen LogP contribution in [0.15, 0.2) is 41.1 Å². The van der Waals surface area contributed by atoms with Crippen LogP contribution in [-0.4, -0.2) is 47.6 Å². The Balaban J connectivity index is 1.38. The van der Waals surface area contributed by atoms with E-state index in [-0.39, 0.29) is 5.91 Å². The second-order valence-corrected chi connectivity index (χ2v) is 7.97. The van der Waals surface area contributed by atoms with Crippen molar-refractivity contribution < 1.29 is 4.79 Å². The number of piperazine rings is 1. The Kier molecular flexibility index (Phi) is 6.35. The van der Waals surface area contributed by atoms with E-state index in [2.05, 4.69) is 52.9 Å². The summed E-state index contributed by atoms with van der Waals surface area (Å²) in [6, 6.07) is 10.6. The first kappa shape index (κ1) is 17.5. The van der Waals surface area contributed by atoms with Crippen LogP contribution < -0.4 is 0 Å². The molecule has 128 valence electrons. The zero-order valence-corrected chi connectivity index (χ0v) is 15.7. The highest BCUT2D eigenvalue weighted by atomic mass is 32.2. The lowest BCUT2D eigenvalue weighted by Gasteiger charge is -2.34. The molecule has 3 nitrogen and oxygen atoms in total. The van der Waals surface area contributed by atoms with E-state index in [1.165, 1.54) is 16.7 Å². The molecule has 0 unspecified atom stereocenters. The predicted molar refractivity (Wildman–Crippen MR) is 104 cm³/mol. The van der Waals surface area contributed by atoms with Crippen LogP contribution in [-0.2, 0) is 17.1 Å². The lowest BCUT2D eigenvalue weighted by Crippen LogP contribution is -2.48. The molecule has 1 aliphatic heterocycles. The molecule has 2 heterocycles. The van der Waals surface area contributed by atoms with E-state index in [1.807, 2.05) is 4.90 Å². The first-order chi connectivity index (χ1) is 11.7. The second kappa shape index (κ2) is 8.70. The molecule has 3 rings (SSSR count). The molecule has 0 bridgehead atoms. The second-order valence-electron chi connectivity index (χ2n) is 6.21. The Morgan fingerprint density at radius 2 is 1.96 bits per heavy atom. The maximum atomic E-state index is 12.4. The van der Waals surface area contributed by atoms with Gasteiger partial charge in [-0.25, -0.2) is 0 Å². The number of thiophene rings is 1. The highest BCUT2D eigenvalue weighted by Crippen LogP contribution is 2.17. The van der Waals surface area contributed by atoms with Gasteiger partial charge >= 0.3 is 0 Å². The van der Waals surface area contributed by atoms with Crippen LogP contribution in [0.25, 0.3) is 0 Å². The molecular formula is C19H24N2OS2. The van der Waals surface area contributed by atoms with Crippen LogP contribution in [0.2, 0.25) is 0 Å². The predicted octanol–water partition coefficient (Wildman–Crippen LogP) is 3.63. The molecule has 1 amide bonds. The van der Waals surface area contributed by atoms with Crippen LogP contribution in [0, 0.1) is 6.92 Å². The molecule has 24 heavy (non-hydrogen) atoms. The van der Waals surface area contributed by atoms with Gasteiger partial charge < -0.3 is 4.90 Å². The Morgan fingerprint density at radius 1 is 1.17 bits per heavy atom. The molecule has 5 heteroatoms. The number of benzene rings is 1. The van der Waals surface area contributed by atoms with E-state index < -0.39 is 0 Å². The molecule has 1 saturated heterocycles. The molecule has 0 radical (unpaired) electrons. The molecule has 1 aromatic heterocycles. The number of carbonyl (C=O) groups excluding carboxylic acids is 1. The van der Waals surface area contributed by atoms with Crippen LogP contribution in [0.4, 0.5) is 0 Å². The van der Waals surface area contributed by atoms with Crippen molar-refractivity contribution in [2.45, 2.75) is 19.2 Å². The lowest BCUT2D eigenvalue weighted by atomic mass is 10.1. The average Bonchev–Trinajstić information content (AvgIpc) is 3.10. The van der Waals surface area contributed by atoms with Crippen LogP contribution in [0.3, 0.4) is 0 Å². The third kappa shape index (κ3) is 4.85. The summed E-state index contributed by atoms with van der Waals surface area (Å²) in [6.45, 7) is 6.80. The minimum absolute atomic E-state index is 0.281. The molecule has 2 aromatic rings. The summed E-state index contributed by atoms with van der Waals surface area (Å²) in [5, 5.41) is 4.33. The zero-order chi connectivity index (χ0) is 16.8. The Labute approximate surface area is 152 Å². The average molecular weight is 361 g/mol. The summed E-state index contributed by atoms with van der Waals surface area (Å²) in [7, 11) is 0. The Morgan fingerprint density at radius 3 is 2.67 bits per heavy atom. The standard InChI is InChI=1S/C19H24N2OS2/c1-16-4-2-3-5-18(16)14-24-15-19(22)21-9-7-20(8-10-21)12-17-6-11-23-13-17/h2-6,11,13H,7-10,12,14-15H2,1H3. The van der Waals surface area contributed by atoms with Gasteiger partial charge in [0.2, 0.25) is 5.91 Å². The fraction of sp³-hybridized carbons (Fsp3) is 0.421. The minimum atomic E-state index is 0.281. The molecule has 1 aromatic carbocycles. The van der Waals surface area contributed by atoms with Gasteiger partial charge in [-0.3, -0.25) is 9.69 Å². The van der Waals surface area contributed by atoms with Gasteiger partial charge in [-0.1, -0.05) is 24.3 Å². The van der Waals surface area contributed by atoms with Crippen molar-refractivity contribution in [1.82, 2.24) is 9.80 Å². The monoisotopic (exact) mass is 360 g/mol. The number of carbonyl (C=O) groups is 1. The third-order valence-electron chi connectivity index (χ3n) is 4.46. The van der Waals surface area contributed by atoms with Gasteiger partial charge in [0.05, 0.1) is 5.75 Å². The van der Waals surface area contributed by atoms with Gasteiger partial charge in [-0.05, 0) is 40.4 Å². The maximum Gasteiger partial charge on any atom is 0.232 e. The van der Waals surface area contributed by atoms with Gasteiger partial charge in [0.25, 0.3) is 0 Å². The van der Waals surface area contributed by atoms with Crippen molar-refractivity contribution in [3.63, 3.8) is 0 Å². The summed E-state index contributed by atoms with van der Waals surface area (Å²) in [5.41, 5.74) is 4.02. The van der Waals surface area contributed by atoms with E-state index in [4.69, 9.17) is 0 Å². The minimum Gasteiger partial charge on any atom is -0.339 e. The molecule has 1 fully saturated rings. The number of thioether (sulfide) groups is 1. The third-order valence-corrected chi connectivity index (χ3v) is 6.15. The maximum absolute atomic E-state index is 12.4. The van der Waals surface area contributed by atoms with Crippen molar-refractivity contribution in [2.24, 2.45) is 0 Å². The molecule has 0 spiro atoms. The normalized spacial score (nSPS) is 15.6. The first-order valence-electron chi connectivity index (χ1n) is 8.36. The summed E-state index contributed by atoms with van der Waals surface area (Å²) >= 11 is 3.47. The van der Waals surface area contributed by atoms with Crippen molar-refractivity contribution in [1.29, 1.82) is 0 Å². The number of hydrogen-bond acceptors (Lipinski definition) is 4. The summed E-state index contributed by atoms with van der Waals surface area (Å²) < 4.78 is 0. The van der Waals surface area contributed by atoms with E-state index in [0.717, 1.165) is 38.5 Å². The number of hydrogen-bond donors (Lipinski definition) is 0. The quantitative estimate of drug-likeness (QED) is 0.786.